The van der Waals surface area contributed by atoms with Crippen molar-refractivity contribution in [2.24, 2.45) is 0 Å². The summed E-state index contributed by atoms with van der Waals surface area (Å²) in [6.07, 6.45) is 0. The van der Waals surface area contributed by atoms with E-state index in [-0.39, 0.29) is 11.3 Å². The zero-order chi connectivity index (χ0) is 14.0. The topological polar surface area (TPSA) is 26.3 Å². The summed E-state index contributed by atoms with van der Waals surface area (Å²) in [6.45, 7) is 1.77. The van der Waals surface area contributed by atoms with Crippen molar-refractivity contribution in [1.29, 1.82) is 0 Å². The Bertz CT molecular complexity index is 638. The highest BCUT2D eigenvalue weighted by atomic mass is 35.5. The fraction of sp³-hybridized carbons (Fsp3) is 0.133. The third-order valence-electron chi connectivity index (χ3n) is 2.87. The number of methoxy groups -OCH3 is 1. The summed E-state index contributed by atoms with van der Waals surface area (Å²) in [5.74, 6) is -0.831. The van der Waals surface area contributed by atoms with Gasteiger partial charge in [0.15, 0.2) is 5.78 Å². The van der Waals surface area contributed by atoms with E-state index in [0.29, 0.717) is 10.6 Å². The monoisotopic (exact) mass is 278 g/mol. The SMILES string of the molecule is COc1cccc(F)c1C(=O)c1cc(Cl)ccc1C. The maximum atomic E-state index is 13.9. The van der Waals surface area contributed by atoms with Crippen molar-refractivity contribution in [1.82, 2.24) is 0 Å². The summed E-state index contributed by atoms with van der Waals surface area (Å²) in [6, 6.07) is 9.22. The first-order valence-corrected chi connectivity index (χ1v) is 6.05. The minimum Gasteiger partial charge on any atom is -0.496 e. The number of halogens is 2. The molecule has 0 spiro atoms. The third kappa shape index (κ3) is 2.61. The fourth-order valence-electron chi connectivity index (χ4n) is 1.87. The average Bonchev–Trinajstić information content (AvgIpc) is 2.40. The van der Waals surface area contributed by atoms with Gasteiger partial charge in [0.05, 0.1) is 7.11 Å². The van der Waals surface area contributed by atoms with Gasteiger partial charge in [-0.25, -0.2) is 4.39 Å². The van der Waals surface area contributed by atoms with Crippen LogP contribution in [0.3, 0.4) is 0 Å². The van der Waals surface area contributed by atoms with E-state index in [9.17, 15) is 9.18 Å². The van der Waals surface area contributed by atoms with Crippen LogP contribution in [-0.2, 0) is 0 Å². The quantitative estimate of drug-likeness (QED) is 0.793. The molecule has 0 unspecified atom stereocenters. The van der Waals surface area contributed by atoms with Crippen molar-refractivity contribution in [3.8, 4) is 5.75 Å². The van der Waals surface area contributed by atoms with Crippen LogP contribution in [0.4, 0.5) is 4.39 Å². The summed E-state index contributed by atoms with van der Waals surface area (Å²) in [5.41, 5.74) is 1.03. The standard InChI is InChI=1S/C15H12ClFO2/c1-9-6-7-10(16)8-11(9)15(18)14-12(17)4-3-5-13(14)19-2/h3-8H,1-2H3. The number of aryl methyl sites for hydroxylation is 1. The zero-order valence-electron chi connectivity index (χ0n) is 10.5. The van der Waals surface area contributed by atoms with Crippen LogP contribution in [0.5, 0.6) is 5.75 Å². The first-order chi connectivity index (χ1) is 9.04. The Kier molecular flexibility index (Phi) is 3.86. The predicted octanol–water partition coefficient (Wildman–Crippen LogP) is 4.03. The van der Waals surface area contributed by atoms with Crippen LogP contribution in [-0.4, -0.2) is 12.9 Å². The van der Waals surface area contributed by atoms with Gasteiger partial charge in [0, 0.05) is 10.6 Å². The second kappa shape index (κ2) is 5.41. The number of carbonyl (C=O) groups excluding carboxylic acids is 1. The van der Waals surface area contributed by atoms with Gasteiger partial charge in [-0.1, -0.05) is 23.7 Å². The van der Waals surface area contributed by atoms with Gasteiger partial charge in [-0.2, -0.15) is 0 Å². The molecule has 0 radical (unpaired) electrons. The first kappa shape index (κ1) is 13.6. The normalized spacial score (nSPS) is 10.3. The van der Waals surface area contributed by atoms with E-state index < -0.39 is 11.6 Å². The van der Waals surface area contributed by atoms with Crippen molar-refractivity contribution in [2.75, 3.05) is 7.11 Å². The Balaban J connectivity index is 2.59. The van der Waals surface area contributed by atoms with Gasteiger partial charge in [0.1, 0.15) is 17.1 Å². The van der Waals surface area contributed by atoms with E-state index >= 15 is 0 Å². The number of rotatable bonds is 3. The lowest BCUT2D eigenvalue weighted by molar-refractivity contribution is 0.103. The van der Waals surface area contributed by atoms with Crippen LogP contribution in [0, 0.1) is 12.7 Å². The predicted molar refractivity (Wildman–Crippen MR) is 72.6 cm³/mol. The molecule has 0 atom stereocenters. The van der Waals surface area contributed by atoms with E-state index in [2.05, 4.69) is 0 Å². The molecule has 2 rings (SSSR count). The molecule has 0 aromatic heterocycles. The summed E-state index contributed by atoms with van der Waals surface area (Å²) in [7, 11) is 1.40. The lowest BCUT2D eigenvalue weighted by Gasteiger charge is -2.10. The molecule has 0 bridgehead atoms. The maximum Gasteiger partial charge on any atom is 0.200 e. The minimum absolute atomic E-state index is 0.0737. The van der Waals surface area contributed by atoms with E-state index in [1.807, 2.05) is 0 Å². The molecule has 0 amide bonds. The van der Waals surface area contributed by atoms with Crippen LogP contribution in [0.25, 0.3) is 0 Å². The average molecular weight is 279 g/mol. The number of benzene rings is 2. The smallest absolute Gasteiger partial charge is 0.200 e. The summed E-state index contributed by atoms with van der Waals surface area (Å²) in [4.78, 5) is 12.4. The second-order valence-electron chi connectivity index (χ2n) is 4.11. The van der Waals surface area contributed by atoms with Crippen molar-refractivity contribution in [3.05, 3.63) is 63.9 Å². The van der Waals surface area contributed by atoms with Gasteiger partial charge in [0.2, 0.25) is 0 Å². The first-order valence-electron chi connectivity index (χ1n) is 5.68. The highest BCUT2D eigenvalue weighted by Crippen LogP contribution is 2.26. The van der Waals surface area contributed by atoms with Crippen LogP contribution in [0.1, 0.15) is 21.5 Å². The summed E-state index contributed by atoms with van der Waals surface area (Å²) >= 11 is 5.88. The molecule has 19 heavy (non-hydrogen) atoms. The van der Waals surface area contributed by atoms with Gasteiger partial charge in [0.25, 0.3) is 0 Å². The molecule has 98 valence electrons. The van der Waals surface area contributed by atoms with Gasteiger partial charge >= 0.3 is 0 Å². The van der Waals surface area contributed by atoms with Gasteiger partial charge in [-0.3, -0.25) is 4.79 Å². The molecule has 0 heterocycles. The summed E-state index contributed by atoms with van der Waals surface area (Å²) in [5, 5.41) is 0.434. The molecule has 2 aromatic carbocycles. The van der Waals surface area contributed by atoms with Crippen LogP contribution in [0.15, 0.2) is 36.4 Å². The van der Waals surface area contributed by atoms with Gasteiger partial charge in [-0.15, -0.1) is 0 Å². The molecule has 2 nitrogen and oxygen atoms in total. The largest absolute Gasteiger partial charge is 0.496 e. The molecule has 2 aromatic rings. The number of ketones is 1. The fourth-order valence-corrected chi connectivity index (χ4v) is 2.04. The number of hydrogen-bond donors (Lipinski definition) is 0. The van der Waals surface area contributed by atoms with Crippen LogP contribution >= 0.6 is 11.6 Å². The molecular formula is C15H12ClFO2. The van der Waals surface area contributed by atoms with Crippen molar-refractivity contribution in [3.63, 3.8) is 0 Å². The van der Waals surface area contributed by atoms with Gasteiger partial charge in [-0.05, 0) is 36.8 Å². The van der Waals surface area contributed by atoms with Crippen LogP contribution < -0.4 is 4.74 Å². The Morgan fingerprint density at radius 1 is 1.26 bits per heavy atom. The maximum absolute atomic E-state index is 13.9. The zero-order valence-corrected chi connectivity index (χ0v) is 11.3. The van der Waals surface area contributed by atoms with Crippen LogP contribution in [0.2, 0.25) is 5.02 Å². The second-order valence-corrected chi connectivity index (χ2v) is 4.54. The lowest BCUT2D eigenvalue weighted by atomic mass is 9.98. The highest BCUT2D eigenvalue weighted by molar-refractivity contribution is 6.31. The Morgan fingerprint density at radius 2 is 2.00 bits per heavy atom. The number of ether oxygens (including phenoxy) is 1. The molecule has 0 aliphatic carbocycles. The molecule has 0 saturated heterocycles. The van der Waals surface area contributed by atoms with Crippen molar-refractivity contribution in [2.45, 2.75) is 6.92 Å². The van der Waals surface area contributed by atoms with E-state index in [0.717, 1.165) is 5.56 Å². The highest BCUT2D eigenvalue weighted by Gasteiger charge is 2.20. The Labute approximate surface area is 115 Å². The molecule has 0 N–H and O–H groups in total. The molecule has 0 aliphatic rings. The van der Waals surface area contributed by atoms with E-state index in [1.54, 1.807) is 25.1 Å². The van der Waals surface area contributed by atoms with Gasteiger partial charge < -0.3 is 4.74 Å². The lowest BCUT2D eigenvalue weighted by Crippen LogP contribution is -2.08. The number of carbonyl (C=O) groups is 1. The molecule has 0 fully saturated rings. The molecule has 4 heteroatoms. The Morgan fingerprint density at radius 3 is 2.68 bits per heavy atom. The number of hydrogen-bond acceptors (Lipinski definition) is 2. The van der Waals surface area contributed by atoms with Crippen molar-refractivity contribution >= 4 is 17.4 Å². The summed E-state index contributed by atoms with van der Waals surface area (Å²) < 4.78 is 18.9. The third-order valence-corrected chi connectivity index (χ3v) is 3.10. The van der Waals surface area contributed by atoms with E-state index in [1.165, 1.54) is 25.3 Å². The minimum atomic E-state index is -0.608. The van der Waals surface area contributed by atoms with E-state index in [4.69, 9.17) is 16.3 Å². The molecular weight excluding hydrogens is 267 g/mol. The Hall–Kier alpha value is -1.87. The molecule has 0 aliphatic heterocycles. The molecule has 0 saturated carbocycles. The van der Waals surface area contributed by atoms with Crippen molar-refractivity contribution < 1.29 is 13.9 Å².